The number of hydrogen-bond acceptors (Lipinski definition) is 5. The van der Waals surface area contributed by atoms with Gasteiger partial charge in [0.15, 0.2) is 6.61 Å². The molecule has 0 fully saturated rings. The van der Waals surface area contributed by atoms with Crippen molar-refractivity contribution in [1.29, 1.82) is 0 Å². The molecule has 3 N–H and O–H groups in total. The topological polar surface area (TPSA) is 87.7 Å². The highest BCUT2D eigenvalue weighted by atomic mass is 16.5. The molecule has 0 heterocycles. The molecule has 6 nitrogen and oxygen atoms in total. The largest absolute Gasteiger partial charge is 0.452 e. The highest BCUT2D eigenvalue weighted by Gasteiger charge is 2.14. The van der Waals surface area contributed by atoms with Gasteiger partial charge in [0, 0.05) is 17.9 Å². The summed E-state index contributed by atoms with van der Waals surface area (Å²) in [6.45, 7) is 3.84. The lowest BCUT2D eigenvalue weighted by molar-refractivity contribution is -0.119. The Morgan fingerprint density at radius 2 is 1.84 bits per heavy atom. The van der Waals surface area contributed by atoms with Crippen LogP contribution in [0.4, 0.5) is 11.4 Å². The van der Waals surface area contributed by atoms with Gasteiger partial charge in [-0.1, -0.05) is 18.2 Å². The molecule has 0 spiro atoms. The van der Waals surface area contributed by atoms with Gasteiger partial charge >= 0.3 is 5.97 Å². The molecule has 132 valence electrons. The Morgan fingerprint density at radius 3 is 2.56 bits per heavy atom. The summed E-state index contributed by atoms with van der Waals surface area (Å²) in [7, 11) is 0. The van der Waals surface area contributed by atoms with E-state index in [2.05, 4.69) is 10.6 Å². The first kappa shape index (κ1) is 18.5. The van der Waals surface area contributed by atoms with E-state index in [1.165, 1.54) is 0 Å². The standard InChI is InChI=1S/C19H22N2O4/c1-13-7-8-15(11-14(13)2)21-18(23)12-25-19(24)16-5-3-4-6-17(16)20-9-10-22/h3-8,11,20,22H,9-10,12H2,1-2H3,(H,21,23). The first-order valence-electron chi connectivity index (χ1n) is 7.99. The van der Waals surface area contributed by atoms with Crippen LogP contribution in [0.1, 0.15) is 21.5 Å². The second-order valence-corrected chi connectivity index (χ2v) is 5.62. The van der Waals surface area contributed by atoms with Gasteiger partial charge in [-0.05, 0) is 49.2 Å². The van der Waals surface area contributed by atoms with Crippen LogP contribution >= 0.6 is 0 Å². The molecule has 0 atom stereocenters. The molecule has 1 amide bonds. The minimum atomic E-state index is -0.601. The Morgan fingerprint density at radius 1 is 1.08 bits per heavy atom. The third-order valence-electron chi connectivity index (χ3n) is 3.70. The second kappa shape index (κ2) is 8.84. The maximum atomic E-state index is 12.2. The molecule has 0 aliphatic carbocycles. The van der Waals surface area contributed by atoms with E-state index in [-0.39, 0.29) is 13.2 Å². The molecule has 6 heteroatoms. The molecule has 2 aromatic rings. The molecule has 0 saturated carbocycles. The normalized spacial score (nSPS) is 10.2. The predicted octanol–water partition coefficient (Wildman–Crippen LogP) is 2.50. The molecule has 0 aromatic heterocycles. The van der Waals surface area contributed by atoms with Gasteiger partial charge in [0.25, 0.3) is 5.91 Å². The van der Waals surface area contributed by atoms with Crippen molar-refractivity contribution >= 4 is 23.3 Å². The summed E-state index contributed by atoms with van der Waals surface area (Å²) in [6.07, 6.45) is 0. The highest BCUT2D eigenvalue weighted by molar-refractivity contribution is 5.98. The number of hydrogen-bond donors (Lipinski definition) is 3. The van der Waals surface area contributed by atoms with Gasteiger partial charge in [-0.25, -0.2) is 4.79 Å². The molecule has 25 heavy (non-hydrogen) atoms. The second-order valence-electron chi connectivity index (χ2n) is 5.62. The zero-order chi connectivity index (χ0) is 18.2. The first-order chi connectivity index (χ1) is 12.0. The quantitative estimate of drug-likeness (QED) is 0.673. The summed E-state index contributed by atoms with van der Waals surface area (Å²) in [4.78, 5) is 24.1. The van der Waals surface area contributed by atoms with Gasteiger partial charge in [0.1, 0.15) is 0 Å². The molecule has 0 radical (unpaired) electrons. The number of para-hydroxylation sites is 1. The predicted molar refractivity (Wildman–Crippen MR) is 96.8 cm³/mol. The van der Waals surface area contributed by atoms with Crippen LogP contribution in [0.2, 0.25) is 0 Å². The minimum Gasteiger partial charge on any atom is -0.452 e. The summed E-state index contributed by atoms with van der Waals surface area (Å²) in [5, 5.41) is 14.5. The number of carbonyl (C=O) groups is 2. The van der Waals surface area contributed by atoms with Gasteiger partial charge in [0.2, 0.25) is 0 Å². The van der Waals surface area contributed by atoms with E-state index in [9.17, 15) is 9.59 Å². The molecule has 2 aromatic carbocycles. The molecule has 0 aliphatic rings. The van der Waals surface area contributed by atoms with Crippen LogP contribution in [0.15, 0.2) is 42.5 Å². The van der Waals surface area contributed by atoms with Crippen molar-refractivity contribution in [2.75, 3.05) is 30.4 Å². The zero-order valence-corrected chi connectivity index (χ0v) is 14.3. The van der Waals surface area contributed by atoms with E-state index in [0.717, 1.165) is 11.1 Å². The summed E-state index contributed by atoms with van der Waals surface area (Å²) >= 11 is 0. The van der Waals surface area contributed by atoms with E-state index in [1.54, 1.807) is 30.3 Å². The number of ether oxygens (including phenoxy) is 1. The molecule has 0 saturated heterocycles. The summed E-state index contributed by atoms with van der Waals surface area (Å²) in [5.41, 5.74) is 3.73. The van der Waals surface area contributed by atoms with Crippen LogP contribution < -0.4 is 10.6 Å². The van der Waals surface area contributed by atoms with Gasteiger partial charge in [-0.15, -0.1) is 0 Å². The van der Waals surface area contributed by atoms with E-state index in [1.807, 2.05) is 26.0 Å². The van der Waals surface area contributed by atoms with E-state index < -0.39 is 11.9 Å². The van der Waals surface area contributed by atoms with Crippen LogP contribution in [-0.4, -0.2) is 36.7 Å². The maximum Gasteiger partial charge on any atom is 0.340 e. The van der Waals surface area contributed by atoms with Crippen molar-refractivity contribution in [2.45, 2.75) is 13.8 Å². The monoisotopic (exact) mass is 342 g/mol. The molecule has 0 unspecified atom stereocenters. The number of esters is 1. The van der Waals surface area contributed by atoms with Crippen molar-refractivity contribution in [3.8, 4) is 0 Å². The number of nitrogens with one attached hydrogen (secondary N) is 2. The Balaban J connectivity index is 1.93. The van der Waals surface area contributed by atoms with Gasteiger partial charge in [-0.3, -0.25) is 4.79 Å². The number of benzene rings is 2. The van der Waals surface area contributed by atoms with E-state index >= 15 is 0 Å². The lowest BCUT2D eigenvalue weighted by Gasteiger charge is -2.11. The molecular weight excluding hydrogens is 320 g/mol. The number of aryl methyl sites for hydroxylation is 2. The third-order valence-corrected chi connectivity index (χ3v) is 3.70. The number of anilines is 2. The van der Waals surface area contributed by atoms with E-state index in [4.69, 9.17) is 9.84 Å². The number of carbonyl (C=O) groups excluding carboxylic acids is 2. The summed E-state index contributed by atoms with van der Waals surface area (Å²) in [5.74, 6) is -1.01. The molecule has 2 rings (SSSR count). The Kier molecular flexibility index (Phi) is 6.54. The molecule has 0 aliphatic heterocycles. The van der Waals surface area contributed by atoms with Crippen LogP contribution in [0.3, 0.4) is 0 Å². The minimum absolute atomic E-state index is 0.0538. The third kappa shape index (κ3) is 5.32. The summed E-state index contributed by atoms with van der Waals surface area (Å²) < 4.78 is 5.08. The zero-order valence-electron chi connectivity index (χ0n) is 14.3. The number of amides is 1. The van der Waals surface area contributed by atoms with Crippen LogP contribution in [0, 0.1) is 13.8 Å². The highest BCUT2D eigenvalue weighted by Crippen LogP contribution is 2.16. The molecular formula is C19H22N2O4. The van der Waals surface area contributed by atoms with Crippen molar-refractivity contribution in [1.82, 2.24) is 0 Å². The summed E-state index contributed by atoms with van der Waals surface area (Å²) in [6, 6.07) is 12.4. The van der Waals surface area contributed by atoms with E-state index in [0.29, 0.717) is 23.5 Å². The number of rotatable bonds is 7. The first-order valence-corrected chi connectivity index (χ1v) is 7.99. The lowest BCUT2D eigenvalue weighted by atomic mass is 10.1. The Labute approximate surface area is 146 Å². The van der Waals surface area contributed by atoms with Crippen LogP contribution in [-0.2, 0) is 9.53 Å². The van der Waals surface area contributed by atoms with Crippen molar-refractivity contribution < 1.29 is 19.4 Å². The fraction of sp³-hybridized carbons (Fsp3) is 0.263. The SMILES string of the molecule is Cc1ccc(NC(=O)COC(=O)c2ccccc2NCCO)cc1C. The fourth-order valence-corrected chi connectivity index (χ4v) is 2.23. The number of aliphatic hydroxyl groups is 1. The van der Waals surface area contributed by atoms with Gasteiger partial charge < -0.3 is 20.5 Å². The van der Waals surface area contributed by atoms with Crippen molar-refractivity contribution in [2.24, 2.45) is 0 Å². The fourth-order valence-electron chi connectivity index (χ4n) is 2.23. The average molecular weight is 342 g/mol. The molecule has 0 bridgehead atoms. The Bertz CT molecular complexity index is 759. The van der Waals surface area contributed by atoms with Crippen LogP contribution in [0.5, 0.6) is 0 Å². The Hall–Kier alpha value is -2.86. The van der Waals surface area contributed by atoms with Gasteiger partial charge in [-0.2, -0.15) is 0 Å². The lowest BCUT2D eigenvalue weighted by Crippen LogP contribution is -2.21. The smallest absolute Gasteiger partial charge is 0.340 e. The number of aliphatic hydroxyl groups excluding tert-OH is 1. The average Bonchev–Trinajstić information content (AvgIpc) is 2.61. The van der Waals surface area contributed by atoms with Gasteiger partial charge in [0.05, 0.1) is 12.2 Å². The maximum absolute atomic E-state index is 12.2. The van der Waals surface area contributed by atoms with Crippen molar-refractivity contribution in [3.05, 3.63) is 59.2 Å². The van der Waals surface area contributed by atoms with Crippen LogP contribution in [0.25, 0.3) is 0 Å². The van der Waals surface area contributed by atoms with Crippen molar-refractivity contribution in [3.63, 3.8) is 0 Å².